The zero-order chi connectivity index (χ0) is 25.9. The first kappa shape index (κ1) is 23.6. The highest BCUT2D eigenvalue weighted by atomic mass is 16.1. The summed E-state index contributed by atoms with van der Waals surface area (Å²) in [4.78, 5) is 22.4. The Morgan fingerprint density at radius 2 is 1.53 bits per heavy atom. The number of H-pyrrole nitrogens is 1. The third kappa shape index (κ3) is 4.90. The van der Waals surface area contributed by atoms with Crippen LogP contribution in [-0.4, -0.2) is 31.7 Å². The van der Waals surface area contributed by atoms with Crippen molar-refractivity contribution in [2.45, 2.75) is 13.1 Å². The second-order valence-corrected chi connectivity index (χ2v) is 9.48. The van der Waals surface area contributed by atoms with Crippen molar-refractivity contribution in [3.05, 3.63) is 137 Å². The minimum absolute atomic E-state index is 0.131. The van der Waals surface area contributed by atoms with E-state index in [1.807, 2.05) is 59.4 Å². The highest BCUT2D eigenvalue weighted by Crippen LogP contribution is 2.32. The number of nitrogens with one attached hydrogen (secondary N) is 1. The predicted molar refractivity (Wildman–Crippen MR) is 152 cm³/mol. The molecule has 0 aliphatic rings. The minimum atomic E-state index is -0.131. The molecule has 1 N–H and O–H groups in total. The van der Waals surface area contributed by atoms with Crippen LogP contribution in [-0.2, 0) is 13.1 Å². The molecule has 3 aromatic carbocycles. The molecule has 0 radical (unpaired) electrons. The minimum Gasteiger partial charge on any atom is -0.328 e. The molecule has 6 rings (SSSR count). The molecule has 6 aromatic rings. The number of nitrogens with zero attached hydrogens (tertiary/aromatic N) is 4. The van der Waals surface area contributed by atoms with Crippen molar-refractivity contribution >= 4 is 10.9 Å². The first-order valence-corrected chi connectivity index (χ1v) is 12.6. The van der Waals surface area contributed by atoms with E-state index in [1.54, 1.807) is 12.4 Å². The summed E-state index contributed by atoms with van der Waals surface area (Å²) in [7, 11) is 2.13. The van der Waals surface area contributed by atoms with Crippen molar-refractivity contribution in [1.82, 2.24) is 24.6 Å². The second kappa shape index (κ2) is 10.3. The molecule has 0 saturated heterocycles. The monoisotopic (exact) mass is 497 g/mol. The summed E-state index contributed by atoms with van der Waals surface area (Å²) in [5.41, 5.74) is 7.95. The van der Waals surface area contributed by atoms with E-state index in [9.17, 15) is 4.79 Å². The molecular weight excluding hydrogens is 470 g/mol. The van der Waals surface area contributed by atoms with Crippen LogP contribution in [0.5, 0.6) is 0 Å². The molecule has 0 spiro atoms. The molecule has 186 valence electrons. The van der Waals surface area contributed by atoms with Crippen molar-refractivity contribution in [3.63, 3.8) is 0 Å². The van der Waals surface area contributed by atoms with E-state index in [-0.39, 0.29) is 5.56 Å². The zero-order valence-corrected chi connectivity index (χ0v) is 21.1. The highest BCUT2D eigenvalue weighted by molar-refractivity contribution is 5.91. The van der Waals surface area contributed by atoms with Gasteiger partial charge in [-0.2, -0.15) is 5.10 Å². The summed E-state index contributed by atoms with van der Waals surface area (Å²) in [6, 6.07) is 32.9. The van der Waals surface area contributed by atoms with Crippen molar-refractivity contribution in [2.24, 2.45) is 0 Å². The number of hydrogen-bond donors (Lipinski definition) is 1. The molecule has 0 atom stereocenters. The van der Waals surface area contributed by atoms with Crippen LogP contribution in [0.3, 0.4) is 0 Å². The Morgan fingerprint density at radius 1 is 0.816 bits per heavy atom. The summed E-state index contributed by atoms with van der Waals surface area (Å²) in [6.45, 7) is 1.67. The lowest BCUT2D eigenvalue weighted by atomic mass is 9.97. The normalized spacial score (nSPS) is 11.3. The van der Waals surface area contributed by atoms with Gasteiger partial charge in [0, 0.05) is 42.8 Å². The van der Waals surface area contributed by atoms with Crippen molar-refractivity contribution in [3.8, 4) is 28.1 Å². The lowest BCUT2D eigenvalue weighted by molar-refractivity contribution is 0.319. The van der Waals surface area contributed by atoms with Crippen LogP contribution in [0.1, 0.15) is 11.1 Å². The summed E-state index contributed by atoms with van der Waals surface area (Å²) in [5.74, 6) is 0. The van der Waals surface area contributed by atoms with Gasteiger partial charge >= 0.3 is 0 Å². The van der Waals surface area contributed by atoms with E-state index in [2.05, 4.69) is 70.6 Å². The van der Waals surface area contributed by atoms with Gasteiger partial charge in [0.25, 0.3) is 5.56 Å². The van der Waals surface area contributed by atoms with E-state index in [0.29, 0.717) is 10.9 Å². The Bertz CT molecular complexity index is 1720. The standard InChI is InChI=1S/C32H27N5O/c1-36(22-24-10-14-27(15-11-24)37-19-5-17-34-37)21-23-8-12-26(13-9-23)31-28(25-6-3-2-4-7-25)20-29-30(35-31)16-18-33-32(29)38/h2-20H,21-22H2,1H3,(H,33,38). The van der Waals surface area contributed by atoms with Crippen LogP contribution < -0.4 is 5.56 Å². The van der Waals surface area contributed by atoms with Crippen LogP contribution in [0.2, 0.25) is 0 Å². The molecule has 0 aliphatic heterocycles. The lowest BCUT2D eigenvalue weighted by Crippen LogP contribution is -2.17. The van der Waals surface area contributed by atoms with Crippen LogP contribution in [0.15, 0.2) is 120 Å². The lowest BCUT2D eigenvalue weighted by Gasteiger charge is -2.18. The fourth-order valence-electron chi connectivity index (χ4n) is 4.79. The largest absolute Gasteiger partial charge is 0.328 e. The summed E-state index contributed by atoms with van der Waals surface area (Å²) in [6.07, 6.45) is 5.38. The van der Waals surface area contributed by atoms with Crippen molar-refractivity contribution in [1.29, 1.82) is 0 Å². The maximum Gasteiger partial charge on any atom is 0.257 e. The maximum atomic E-state index is 12.5. The van der Waals surface area contributed by atoms with Gasteiger partial charge in [0.1, 0.15) is 0 Å². The van der Waals surface area contributed by atoms with Gasteiger partial charge in [0.05, 0.1) is 22.3 Å². The third-order valence-electron chi connectivity index (χ3n) is 6.67. The van der Waals surface area contributed by atoms with Crippen LogP contribution in [0.25, 0.3) is 39.0 Å². The molecule has 38 heavy (non-hydrogen) atoms. The fraction of sp³-hybridized carbons (Fsp3) is 0.0938. The first-order valence-electron chi connectivity index (χ1n) is 12.6. The van der Waals surface area contributed by atoms with Gasteiger partial charge in [0.15, 0.2) is 0 Å². The smallest absolute Gasteiger partial charge is 0.257 e. The summed E-state index contributed by atoms with van der Waals surface area (Å²) in [5, 5.41) is 4.88. The van der Waals surface area contributed by atoms with Gasteiger partial charge in [0.2, 0.25) is 0 Å². The van der Waals surface area contributed by atoms with Crippen LogP contribution >= 0.6 is 0 Å². The van der Waals surface area contributed by atoms with Gasteiger partial charge in [-0.3, -0.25) is 9.69 Å². The van der Waals surface area contributed by atoms with Gasteiger partial charge in [-0.25, -0.2) is 9.67 Å². The second-order valence-electron chi connectivity index (χ2n) is 9.48. The third-order valence-corrected chi connectivity index (χ3v) is 6.67. The van der Waals surface area contributed by atoms with Gasteiger partial charge in [-0.05, 0) is 54.1 Å². The Kier molecular flexibility index (Phi) is 6.38. The number of hydrogen-bond acceptors (Lipinski definition) is 4. The molecule has 6 nitrogen and oxygen atoms in total. The Morgan fingerprint density at radius 3 is 2.21 bits per heavy atom. The number of fused-ring (bicyclic) bond motifs is 1. The molecule has 0 bridgehead atoms. The molecule has 0 unspecified atom stereocenters. The first-order chi connectivity index (χ1) is 18.6. The SMILES string of the molecule is CN(Cc1ccc(-c2nc3cc[nH]c(=O)c3cc2-c2ccccc2)cc1)Cc1ccc(-n2cccn2)cc1. The molecule has 3 heterocycles. The molecular formula is C32H27N5O. The number of aromatic amines is 1. The van der Waals surface area contributed by atoms with Crippen molar-refractivity contribution in [2.75, 3.05) is 7.05 Å². The highest BCUT2D eigenvalue weighted by Gasteiger charge is 2.13. The maximum absolute atomic E-state index is 12.5. The Hall–Kier alpha value is -4.81. The molecule has 3 aromatic heterocycles. The van der Waals surface area contributed by atoms with E-state index >= 15 is 0 Å². The molecule has 6 heteroatoms. The van der Waals surface area contributed by atoms with E-state index in [1.165, 1.54) is 11.1 Å². The summed E-state index contributed by atoms with van der Waals surface area (Å²) >= 11 is 0. The van der Waals surface area contributed by atoms with E-state index in [0.717, 1.165) is 41.2 Å². The topological polar surface area (TPSA) is 66.8 Å². The fourth-order valence-corrected chi connectivity index (χ4v) is 4.79. The average molecular weight is 498 g/mol. The number of pyridine rings is 2. The zero-order valence-electron chi connectivity index (χ0n) is 21.1. The van der Waals surface area contributed by atoms with Crippen molar-refractivity contribution < 1.29 is 0 Å². The summed E-state index contributed by atoms with van der Waals surface area (Å²) < 4.78 is 1.86. The number of benzene rings is 3. The van der Waals surface area contributed by atoms with Gasteiger partial charge in [-0.15, -0.1) is 0 Å². The molecule has 0 aliphatic carbocycles. The number of aromatic nitrogens is 4. The molecule has 0 fully saturated rings. The van der Waals surface area contributed by atoms with Gasteiger partial charge < -0.3 is 4.98 Å². The van der Waals surface area contributed by atoms with E-state index < -0.39 is 0 Å². The van der Waals surface area contributed by atoms with Crippen LogP contribution in [0, 0.1) is 0 Å². The Balaban J connectivity index is 1.23. The van der Waals surface area contributed by atoms with Gasteiger partial charge in [-0.1, -0.05) is 66.7 Å². The predicted octanol–water partition coefficient (Wildman–Crippen LogP) is 6.07. The average Bonchev–Trinajstić information content (AvgIpc) is 3.49. The quantitative estimate of drug-likeness (QED) is 0.291. The Labute approximate surface area is 220 Å². The molecule has 0 saturated carbocycles. The van der Waals surface area contributed by atoms with E-state index in [4.69, 9.17) is 4.98 Å². The number of rotatable bonds is 7. The van der Waals surface area contributed by atoms with Crippen LogP contribution in [0.4, 0.5) is 0 Å². The molecule has 0 amide bonds.